The molecule has 0 amide bonds. The van der Waals surface area contributed by atoms with E-state index < -0.39 is 24.9 Å². The second kappa shape index (κ2) is 4.62. The van der Waals surface area contributed by atoms with E-state index in [1.807, 2.05) is 0 Å². The van der Waals surface area contributed by atoms with Crippen molar-refractivity contribution >= 4 is 0 Å². The summed E-state index contributed by atoms with van der Waals surface area (Å²) in [5.41, 5.74) is 0. The molecular formula is C6H14O4. The van der Waals surface area contributed by atoms with E-state index in [-0.39, 0.29) is 6.42 Å². The van der Waals surface area contributed by atoms with E-state index in [1.54, 1.807) is 0 Å². The molecule has 0 aliphatic heterocycles. The second-order valence-corrected chi connectivity index (χ2v) is 2.40. The molecule has 1 unspecified atom stereocenters. The highest BCUT2D eigenvalue weighted by molar-refractivity contribution is 4.67. The first kappa shape index (κ1) is 9.84. The van der Waals surface area contributed by atoms with E-state index in [0.29, 0.717) is 0 Å². The molecule has 0 fully saturated rings. The minimum absolute atomic E-state index is 0.0850. The summed E-state index contributed by atoms with van der Waals surface area (Å²) in [7, 11) is 0. The molecule has 4 heteroatoms. The van der Waals surface area contributed by atoms with Gasteiger partial charge in [-0.05, 0) is 6.92 Å². The van der Waals surface area contributed by atoms with E-state index in [0.717, 1.165) is 0 Å². The minimum Gasteiger partial charge on any atom is -0.394 e. The van der Waals surface area contributed by atoms with Crippen LogP contribution in [0.15, 0.2) is 0 Å². The van der Waals surface area contributed by atoms with Crippen molar-refractivity contribution in [3.63, 3.8) is 0 Å². The monoisotopic (exact) mass is 150 g/mol. The number of rotatable bonds is 4. The van der Waals surface area contributed by atoms with Crippen LogP contribution in [-0.2, 0) is 0 Å². The molecule has 0 aliphatic carbocycles. The fourth-order valence-electron chi connectivity index (χ4n) is 0.628. The third-order valence-electron chi connectivity index (χ3n) is 1.21. The SMILES string of the molecule is CC(O)C[C@@H](O)[C@H](O)CO. The Hall–Kier alpha value is -0.160. The zero-order valence-electron chi connectivity index (χ0n) is 5.94. The highest BCUT2D eigenvalue weighted by Crippen LogP contribution is 2.01. The summed E-state index contributed by atoms with van der Waals surface area (Å²) in [6, 6.07) is 0. The van der Waals surface area contributed by atoms with E-state index in [1.165, 1.54) is 6.92 Å². The Labute approximate surface area is 59.7 Å². The molecule has 0 heterocycles. The summed E-state index contributed by atoms with van der Waals surface area (Å²) in [6.07, 6.45) is -2.75. The van der Waals surface area contributed by atoms with Crippen molar-refractivity contribution in [2.45, 2.75) is 31.7 Å². The van der Waals surface area contributed by atoms with E-state index in [9.17, 15) is 0 Å². The van der Waals surface area contributed by atoms with Gasteiger partial charge in [-0.15, -0.1) is 0 Å². The Morgan fingerprint density at radius 2 is 1.60 bits per heavy atom. The van der Waals surface area contributed by atoms with Gasteiger partial charge in [-0.1, -0.05) is 0 Å². The molecule has 0 bridgehead atoms. The maximum absolute atomic E-state index is 8.92. The molecular weight excluding hydrogens is 136 g/mol. The van der Waals surface area contributed by atoms with Crippen molar-refractivity contribution in [3.05, 3.63) is 0 Å². The van der Waals surface area contributed by atoms with Gasteiger partial charge in [0.2, 0.25) is 0 Å². The van der Waals surface area contributed by atoms with Gasteiger partial charge in [-0.25, -0.2) is 0 Å². The molecule has 0 aromatic rings. The van der Waals surface area contributed by atoms with Crippen LogP contribution in [0.4, 0.5) is 0 Å². The molecule has 0 saturated heterocycles. The van der Waals surface area contributed by atoms with Crippen molar-refractivity contribution in [3.8, 4) is 0 Å². The van der Waals surface area contributed by atoms with Crippen LogP contribution in [0.25, 0.3) is 0 Å². The van der Waals surface area contributed by atoms with Gasteiger partial charge in [-0.2, -0.15) is 0 Å². The largest absolute Gasteiger partial charge is 0.394 e. The fourth-order valence-corrected chi connectivity index (χ4v) is 0.628. The summed E-state index contributed by atoms with van der Waals surface area (Å²) in [5, 5.41) is 34.7. The van der Waals surface area contributed by atoms with E-state index in [4.69, 9.17) is 20.4 Å². The van der Waals surface area contributed by atoms with Crippen LogP contribution in [0.2, 0.25) is 0 Å². The van der Waals surface area contributed by atoms with Crippen molar-refractivity contribution in [1.82, 2.24) is 0 Å². The van der Waals surface area contributed by atoms with Gasteiger partial charge in [0.15, 0.2) is 0 Å². The molecule has 4 nitrogen and oxygen atoms in total. The third-order valence-corrected chi connectivity index (χ3v) is 1.21. The third kappa shape index (κ3) is 3.79. The van der Waals surface area contributed by atoms with Crippen molar-refractivity contribution < 1.29 is 20.4 Å². The van der Waals surface area contributed by atoms with Crippen LogP contribution in [0.1, 0.15) is 13.3 Å². The van der Waals surface area contributed by atoms with Crippen LogP contribution >= 0.6 is 0 Å². The molecule has 62 valence electrons. The van der Waals surface area contributed by atoms with Crippen LogP contribution in [0.3, 0.4) is 0 Å². The Kier molecular flexibility index (Phi) is 4.55. The average molecular weight is 150 g/mol. The first-order chi connectivity index (χ1) is 4.57. The highest BCUT2D eigenvalue weighted by Gasteiger charge is 2.16. The molecule has 0 spiro atoms. The average Bonchev–Trinajstić information content (AvgIpc) is 1.85. The van der Waals surface area contributed by atoms with Gasteiger partial charge < -0.3 is 20.4 Å². The van der Waals surface area contributed by atoms with Crippen molar-refractivity contribution in [2.24, 2.45) is 0 Å². The van der Waals surface area contributed by atoms with Gasteiger partial charge in [-0.3, -0.25) is 0 Å². The van der Waals surface area contributed by atoms with Crippen LogP contribution in [-0.4, -0.2) is 45.3 Å². The maximum Gasteiger partial charge on any atom is 0.103 e. The number of aliphatic hydroxyl groups excluding tert-OH is 4. The van der Waals surface area contributed by atoms with Gasteiger partial charge in [0.1, 0.15) is 6.10 Å². The molecule has 0 aromatic heterocycles. The van der Waals surface area contributed by atoms with Gasteiger partial charge in [0, 0.05) is 6.42 Å². The molecule has 3 atom stereocenters. The summed E-state index contributed by atoms with van der Waals surface area (Å²) >= 11 is 0. The lowest BCUT2D eigenvalue weighted by Gasteiger charge is -2.16. The number of hydrogen-bond acceptors (Lipinski definition) is 4. The maximum atomic E-state index is 8.92. The normalized spacial score (nSPS) is 20.1. The van der Waals surface area contributed by atoms with E-state index in [2.05, 4.69) is 0 Å². The molecule has 0 radical (unpaired) electrons. The first-order valence-corrected chi connectivity index (χ1v) is 3.23. The topological polar surface area (TPSA) is 80.9 Å². The van der Waals surface area contributed by atoms with Crippen molar-refractivity contribution in [1.29, 1.82) is 0 Å². The van der Waals surface area contributed by atoms with Gasteiger partial charge in [0.05, 0.1) is 18.8 Å². The summed E-state index contributed by atoms with van der Waals surface area (Å²) in [5.74, 6) is 0. The van der Waals surface area contributed by atoms with Crippen LogP contribution in [0.5, 0.6) is 0 Å². The predicted octanol–water partition coefficient (Wildman–Crippen LogP) is -1.53. The molecule has 0 rings (SSSR count). The van der Waals surface area contributed by atoms with Gasteiger partial charge >= 0.3 is 0 Å². The quantitative estimate of drug-likeness (QED) is 0.392. The molecule has 0 aromatic carbocycles. The van der Waals surface area contributed by atoms with E-state index >= 15 is 0 Å². The van der Waals surface area contributed by atoms with Crippen LogP contribution < -0.4 is 0 Å². The first-order valence-electron chi connectivity index (χ1n) is 3.23. The summed E-state index contributed by atoms with van der Waals surface area (Å²) in [6.45, 7) is 1.03. The Morgan fingerprint density at radius 3 is 1.90 bits per heavy atom. The zero-order chi connectivity index (χ0) is 8.15. The van der Waals surface area contributed by atoms with Gasteiger partial charge in [0.25, 0.3) is 0 Å². The smallest absolute Gasteiger partial charge is 0.103 e. The Balaban J connectivity index is 3.50. The second-order valence-electron chi connectivity index (χ2n) is 2.40. The van der Waals surface area contributed by atoms with Crippen molar-refractivity contribution in [2.75, 3.05) is 6.61 Å². The molecule has 10 heavy (non-hydrogen) atoms. The lowest BCUT2D eigenvalue weighted by molar-refractivity contribution is -0.0338. The molecule has 4 N–H and O–H groups in total. The summed E-state index contributed by atoms with van der Waals surface area (Å²) < 4.78 is 0. The highest BCUT2D eigenvalue weighted by atomic mass is 16.4. The zero-order valence-corrected chi connectivity index (χ0v) is 5.94. The number of hydrogen-bond donors (Lipinski definition) is 4. The fraction of sp³-hybridized carbons (Fsp3) is 1.00. The predicted molar refractivity (Wildman–Crippen MR) is 35.4 cm³/mol. The number of aliphatic hydroxyl groups is 4. The lowest BCUT2D eigenvalue weighted by Crippen LogP contribution is -2.31. The lowest BCUT2D eigenvalue weighted by atomic mass is 10.1. The molecule has 0 aliphatic rings. The summed E-state index contributed by atoms with van der Waals surface area (Å²) in [4.78, 5) is 0. The molecule has 0 saturated carbocycles. The minimum atomic E-state index is -1.14. The van der Waals surface area contributed by atoms with Crippen LogP contribution in [0, 0.1) is 0 Å². The Morgan fingerprint density at radius 1 is 1.10 bits per heavy atom. The standard InChI is InChI=1S/C6H14O4/c1-4(8)2-5(9)6(10)3-7/h4-10H,2-3H2,1H3/t4?,5-,6-/m1/s1. The Bertz CT molecular complexity index is 83.8.